The maximum absolute atomic E-state index is 3.37. The van der Waals surface area contributed by atoms with E-state index in [2.05, 4.69) is 49.3 Å². The van der Waals surface area contributed by atoms with E-state index in [1.807, 2.05) is 7.05 Å². The normalized spacial score (nSPS) is 18.7. The number of benzene rings is 1. The maximum Gasteiger partial charge on any atom is 0.0346 e. The number of aryl methyl sites for hydroxylation is 1. The quantitative estimate of drug-likeness (QED) is 0.873. The predicted octanol–water partition coefficient (Wildman–Crippen LogP) is 4.66. The van der Waals surface area contributed by atoms with Gasteiger partial charge in [-0.1, -0.05) is 19.9 Å². The fourth-order valence-electron chi connectivity index (χ4n) is 4.14. The number of allylic oxidation sites excluding steroid dienone is 2. The van der Waals surface area contributed by atoms with E-state index >= 15 is 0 Å². The number of anilines is 1. The Hall–Kier alpha value is -1.54. The van der Waals surface area contributed by atoms with Crippen molar-refractivity contribution in [3.8, 4) is 0 Å². The molecule has 0 saturated carbocycles. The lowest BCUT2D eigenvalue weighted by Gasteiger charge is -2.32. The molecule has 3 rings (SSSR count). The molecule has 1 N–H and O–H groups in total. The fraction of sp³-hybridized carbons (Fsp3) is 0.524. The van der Waals surface area contributed by atoms with Crippen LogP contribution in [0.1, 0.15) is 49.8 Å². The number of piperidine rings is 1. The second-order valence-corrected chi connectivity index (χ2v) is 6.83. The highest BCUT2D eigenvalue weighted by molar-refractivity contribution is 5.78. The van der Waals surface area contributed by atoms with Gasteiger partial charge in [0.05, 0.1) is 0 Å². The molecule has 23 heavy (non-hydrogen) atoms. The zero-order chi connectivity index (χ0) is 16.4. The van der Waals surface area contributed by atoms with Gasteiger partial charge >= 0.3 is 0 Å². The fourth-order valence-corrected chi connectivity index (χ4v) is 4.14. The molecule has 2 nitrogen and oxygen atoms in total. The van der Waals surface area contributed by atoms with Crippen molar-refractivity contribution in [1.29, 1.82) is 0 Å². The average molecular weight is 310 g/mol. The van der Waals surface area contributed by atoms with Crippen LogP contribution in [0, 0.1) is 0 Å². The summed E-state index contributed by atoms with van der Waals surface area (Å²) in [7, 11) is 4.28. The van der Waals surface area contributed by atoms with E-state index in [0.29, 0.717) is 0 Å². The van der Waals surface area contributed by atoms with Gasteiger partial charge in [0.1, 0.15) is 0 Å². The van der Waals surface area contributed by atoms with Crippen molar-refractivity contribution in [2.75, 3.05) is 32.5 Å². The molecule has 1 aromatic carbocycles. The molecule has 1 saturated heterocycles. The minimum absolute atomic E-state index is 1.10. The molecule has 2 aliphatic rings. The molecule has 0 spiro atoms. The number of rotatable bonds is 3. The minimum atomic E-state index is 1.10. The van der Waals surface area contributed by atoms with E-state index < -0.39 is 0 Å². The first-order chi connectivity index (χ1) is 11.2. The number of nitrogens with one attached hydrogen (secondary N) is 1. The number of fused-ring (bicyclic) bond motifs is 2. The highest BCUT2D eigenvalue weighted by atomic mass is 15.1. The summed E-state index contributed by atoms with van der Waals surface area (Å²) in [5.41, 5.74) is 10.6. The van der Waals surface area contributed by atoms with E-state index in [9.17, 15) is 0 Å². The molecular formula is C21H30N2. The first-order valence-corrected chi connectivity index (χ1v) is 9.11. The van der Waals surface area contributed by atoms with Gasteiger partial charge in [-0.2, -0.15) is 0 Å². The molecule has 1 aromatic rings. The van der Waals surface area contributed by atoms with Crippen LogP contribution in [0.2, 0.25) is 0 Å². The van der Waals surface area contributed by atoms with Gasteiger partial charge in [-0.15, -0.1) is 0 Å². The smallest absolute Gasteiger partial charge is 0.0346 e. The Balaban J connectivity index is 2.23. The van der Waals surface area contributed by atoms with Crippen LogP contribution in [0.3, 0.4) is 0 Å². The third kappa shape index (κ3) is 3.10. The van der Waals surface area contributed by atoms with Gasteiger partial charge in [-0.3, -0.25) is 0 Å². The van der Waals surface area contributed by atoms with Crippen molar-refractivity contribution in [2.24, 2.45) is 0 Å². The second kappa shape index (κ2) is 6.92. The zero-order valence-corrected chi connectivity index (χ0v) is 15.1. The molecule has 0 unspecified atom stereocenters. The molecule has 1 heterocycles. The number of hydrogen-bond acceptors (Lipinski definition) is 2. The number of hydrogen-bond donors (Lipinski definition) is 1. The van der Waals surface area contributed by atoms with E-state index in [0.717, 1.165) is 19.4 Å². The van der Waals surface area contributed by atoms with Crippen molar-refractivity contribution in [3.63, 3.8) is 0 Å². The van der Waals surface area contributed by atoms with Gasteiger partial charge in [0, 0.05) is 25.8 Å². The van der Waals surface area contributed by atoms with Crippen molar-refractivity contribution in [1.82, 2.24) is 4.90 Å². The number of likely N-dealkylation sites (tertiary alicyclic amines) is 1. The first-order valence-electron chi connectivity index (χ1n) is 9.11. The van der Waals surface area contributed by atoms with Crippen LogP contribution in [-0.2, 0) is 12.8 Å². The monoisotopic (exact) mass is 310 g/mol. The van der Waals surface area contributed by atoms with Crippen LogP contribution in [0.15, 0.2) is 29.4 Å². The van der Waals surface area contributed by atoms with Crippen LogP contribution < -0.4 is 5.32 Å². The van der Waals surface area contributed by atoms with E-state index in [1.165, 1.54) is 42.6 Å². The summed E-state index contributed by atoms with van der Waals surface area (Å²) >= 11 is 0. The van der Waals surface area contributed by atoms with Crippen LogP contribution in [0.25, 0.3) is 5.57 Å². The van der Waals surface area contributed by atoms with Crippen molar-refractivity contribution >= 4 is 11.3 Å². The zero-order valence-electron chi connectivity index (χ0n) is 15.1. The van der Waals surface area contributed by atoms with Gasteiger partial charge in [0.2, 0.25) is 0 Å². The summed E-state index contributed by atoms with van der Waals surface area (Å²) in [6, 6.07) is 4.73. The van der Waals surface area contributed by atoms with E-state index in [-0.39, 0.29) is 0 Å². The van der Waals surface area contributed by atoms with Gasteiger partial charge < -0.3 is 10.2 Å². The van der Waals surface area contributed by atoms with Gasteiger partial charge in [-0.05, 0) is 84.7 Å². The molecule has 1 fully saturated rings. The second-order valence-electron chi connectivity index (χ2n) is 6.83. The third-order valence-corrected chi connectivity index (χ3v) is 5.42. The summed E-state index contributed by atoms with van der Waals surface area (Å²) in [5, 5.41) is 3.37. The summed E-state index contributed by atoms with van der Waals surface area (Å²) < 4.78 is 0. The molecule has 0 atom stereocenters. The molecule has 1 aliphatic heterocycles. The van der Waals surface area contributed by atoms with Gasteiger partial charge in [0.15, 0.2) is 0 Å². The topological polar surface area (TPSA) is 15.3 Å². The molecule has 0 aromatic heterocycles. The molecule has 1 aliphatic carbocycles. The van der Waals surface area contributed by atoms with Crippen LogP contribution >= 0.6 is 0 Å². The lowest BCUT2D eigenvalue weighted by molar-refractivity contribution is 0.348. The van der Waals surface area contributed by atoms with Crippen LogP contribution in [0.4, 0.5) is 5.69 Å². The first kappa shape index (κ1) is 16.3. The van der Waals surface area contributed by atoms with Crippen LogP contribution in [-0.4, -0.2) is 32.1 Å². The lowest BCUT2D eigenvalue weighted by Crippen LogP contribution is -2.29. The molecule has 0 radical (unpaired) electrons. The van der Waals surface area contributed by atoms with Crippen molar-refractivity contribution < 1.29 is 0 Å². The SMILES string of the molecule is CCC1=C2CN(C)CCC2=CCCc2c(CC)cc(NC)cc21. The molecule has 2 heteroatoms. The Morgan fingerprint density at radius 1 is 1.13 bits per heavy atom. The standard InChI is InChI=1S/C21H30N2/c1-5-15-12-17(22-3)13-20-18(6-2)21-14-23(4)11-10-16(21)8-7-9-19(15)20/h8,12-13,22H,5-7,9-11,14H2,1-4H3. The Morgan fingerprint density at radius 3 is 2.65 bits per heavy atom. The lowest BCUT2D eigenvalue weighted by atomic mass is 9.81. The van der Waals surface area contributed by atoms with E-state index in [1.54, 1.807) is 22.3 Å². The van der Waals surface area contributed by atoms with Crippen molar-refractivity contribution in [3.05, 3.63) is 46.0 Å². The molecular weight excluding hydrogens is 280 g/mol. The van der Waals surface area contributed by atoms with Gasteiger partial charge in [0.25, 0.3) is 0 Å². The van der Waals surface area contributed by atoms with E-state index in [4.69, 9.17) is 0 Å². The highest BCUT2D eigenvalue weighted by Gasteiger charge is 2.23. The predicted molar refractivity (Wildman–Crippen MR) is 101 cm³/mol. The molecule has 0 bridgehead atoms. The van der Waals surface area contributed by atoms with Crippen LogP contribution in [0.5, 0.6) is 0 Å². The number of nitrogens with zero attached hydrogens (tertiary/aromatic N) is 1. The Labute approximate surface area is 141 Å². The van der Waals surface area contributed by atoms with Crippen molar-refractivity contribution in [2.45, 2.75) is 46.0 Å². The Morgan fingerprint density at radius 2 is 1.96 bits per heavy atom. The summed E-state index contributed by atoms with van der Waals surface area (Å²) in [6.07, 6.45) is 8.31. The minimum Gasteiger partial charge on any atom is -0.388 e. The summed E-state index contributed by atoms with van der Waals surface area (Å²) in [6.45, 7) is 6.88. The highest BCUT2D eigenvalue weighted by Crippen LogP contribution is 2.38. The largest absolute Gasteiger partial charge is 0.388 e. The Bertz CT molecular complexity index is 652. The maximum atomic E-state index is 3.37. The molecule has 124 valence electrons. The number of likely N-dealkylation sites (N-methyl/N-ethyl adjacent to an activating group) is 1. The van der Waals surface area contributed by atoms with Gasteiger partial charge in [-0.25, -0.2) is 0 Å². The molecule has 0 amide bonds. The average Bonchev–Trinajstić information content (AvgIpc) is 2.56. The summed E-state index contributed by atoms with van der Waals surface area (Å²) in [5.74, 6) is 0. The summed E-state index contributed by atoms with van der Waals surface area (Å²) in [4.78, 5) is 2.46. The Kier molecular flexibility index (Phi) is 4.91. The third-order valence-electron chi connectivity index (χ3n) is 5.42.